The highest BCUT2D eigenvalue weighted by atomic mass is 19.1. The van der Waals surface area contributed by atoms with E-state index in [4.69, 9.17) is 9.47 Å². The SMILES string of the molecule is O=C(Nc1ccc(F)cc1F)c1cc(NCc2ccc3c(c2)OCO3)ncn1. The van der Waals surface area contributed by atoms with Crippen LogP contribution in [0.1, 0.15) is 16.1 Å². The van der Waals surface area contributed by atoms with E-state index in [0.29, 0.717) is 29.9 Å². The van der Waals surface area contributed by atoms with Gasteiger partial charge >= 0.3 is 0 Å². The highest BCUT2D eigenvalue weighted by Crippen LogP contribution is 2.32. The number of carbonyl (C=O) groups excluding carboxylic acids is 1. The lowest BCUT2D eigenvalue weighted by Crippen LogP contribution is -2.15. The van der Waals surface area contributed by atoms with E-state index in [9.17, 15) is 13.6 Å². The molecule has 0 saturated heterocycles. The van der Waals surface area contributed by atoms with Crippen LogP contribution in [0.15, 0.2) is 48.8 Å². The van der Waals surface area contributed by atoms with Crippen molar-refractivity contribution in [2.24, 2.45) is 0 Å². The third-order valence-electron chi connectivity index (χ3n) is 3.99. The van der Waals surface area contributed by atoms with Crippen LogP contribution >= 0.6 is 0 Å². The fraction of sp³-hybridized carbons (Fsp3) is 0.105. The molecule has 0 unspecified atom stereocenters. The van der Waals surface area contributed by atoms with E-state index >= 15 is 0 Å². The summed E-state index contributed by atoms with van der Waals surface area (Å²) in [6.45, 7) is 0.631. The Balaban J connectivity index is 1.43. The average Bonchev–Trinajstić information content (AvgIpc) is 3.16. The Morgan fingerprint density at radius 1 is 1.04 bits per heavy atom. The first-order chi connectivity index (χ1) is 13.6. The van der Waals surface area contributed by atoms with Crippen LogP contribution in [0, 0.1) is 11.6 Å². The number of hydrogen-bond donors (Lipinski definition) is 2. The first-order valence-electron chi connectivity index (χ1n) is 8.29. The van der Waals surface area contributed by atoms with E-state index in [1.54, 1.807) is 0 Å². The van der Waals surface area contributed by atoms with Crippen molar-refractivity contribution in [1.29, 1.82) is 0 Å². The van der Waals surface area contributed by atoms with Crippen molar-refractivity contribution >= 4 is 17.4 Å². The summed E-state index contributed by atoms with van der Waals surface area (Å²) in [4.78, 5) is 20.2. The molecule has 3 aromatic rings. The Bertz CT molecular complexity index is 1050. The molecule has 9 heteroatoms. The van der Waals surface area contributed by atoms with E-state index < -0.39 is 17.5 Å². The molecule has 0 spiro atoms. The van der Waals surface area contributed by atoms with Gasteiger partial charge in [-0.15, -0.1) is 0 Å². The van der Waals surface area contributed by atoms with Gasteiger partial charge in [0.25, 0.3) is 5.91 Å². The molecule has 7 nitrogen and oxygen atoms in total. The number of amides is 1. The van der Waals surface area contributed by atoms with Gasteiger partial charge in [0.1, 0.15) is 29.5 Å². The van der Waals surface area contributed by atoms with Crippen molar-refractivity contribution in [3.8, 4) is 11.5 Å². The summed E-state index contributed by atoms with van der Waals surface area (Å²) >= 11 is 0. The fourth-order valence-corrected chi connectivity index (χ4v) is 2.60. The summed E-state index contributed by atoms with van der Waals surface area (Å²) in [6, 6.07) is 9.86. The van der Waals surface area contributed by atoms with E-state index in [0.717, 1.165) is 17.7 Å². The Morgan fingerprint density at radius 2 is 1.89 bits per heavy atom. The number of nitrogens with zero attached hydrogens (tertiary/aromatic N) is 2. The van der Waals surface area contributed by atoms with Crippen molar-refractivity contribution in [2.45, 2.75) is 6.54 Å². The first-order valence-corrected chi connectivity index (χ1v) is 8.29. The van der Waals surface area contributed by atoms with E-state index in [2.05, 4.69) is 20.6 Å². The molecule has 4 rings (SSSR count). The monoisotopic (exact) mass is 384 g/mol. The smallest absolute Gasteiger partial charge is 0.274 e. The largest absolute Gasteiger partial charge is 0.454 e. The molecular weight excluding hydrogens is 370 g/mol. The van der Waals surface area contributed by atoms with Gasteiger partial charge in [-0.25, -0.2) is 18.7 Å². The van der Waals surface area contributed by atoms with Gasteiger partial charge in [0, 0.05) is 18.7 Å². The van der Waals surface area contributed by atoms with Crippen molar-refractivity contribution in [3.63, 3.8) is 0 Å². The topological polar surface area (TPSA) is 85.4 Å². The maximum absolute atomic E-state index is 13.7. The van der Waals surface area contributed by atoms with Crippen LogP contribution in [0.3, 0.4) is 0 Å². The summed E-state index contributed by atoms with van der Waals surface area (Å²) in [6.07, 6.45) is 1.22. The van der Waals surface area contributed by atoms with Gasteiger partial charge in [-0.1, -0.05) is 6.07 Å². The number of hydrogen-bond acceptors (Lipinski definition) is 6. The molecule has 0 atom stereocenters. The minimum Gasteiger partial charge on any atom is -0.454 e. The Morgan fingerprint density at radius 3 is 2.75 bits per heavy atom. The maximum atomic E-state index is 13.7. The predicted octanol–water partition coefficient (Wildman–Crippen LogP) is 3.35. The number of rotatable bonds is 5. The van der Waals surface area contributed by atoms with Gasteiger partial charge in [0.2, 0.25) is 6.79 Å². The number of fused-ring (bicyclic) bond motifs is 1. The highest BCUT2D eigenvalue weighted by Gasteiger charge is 2.14. The van der Waals surface area contributed by atoms with Crippen LogP contribution in [0.25, 0.3) is 0 Å². The van der Waals surface area contributed by atoms with Crippen LogP contribution in [0.2, 0.25) is 0 Å². The summed E-state index contributed by atoms with van der Waals surface area (Å²) < 4.78 is 37.3. The molecule has 0 fully saturated rings. The van der Waals surface area contributed by atoms with Crippen molar-refractivity contribution in [2.75, 3.05) is 17.4 Å². The van der Waals surface area contributed by atoms with Crippen LogP contribution < -0.4 is 20.1 Å². The molecule has 2 heterocycles. The second kappa shape index (κ2) is 7.47. The second-order valence-corrected chi connectivity index (χ2v) is 5.91. The molecule has 0 bridgehead atoms. The lowest BCUT2D eigenvalue weighted by molar-refractivity contribution is 0.102. The minimum absolute atomic E-state index is 0.0342. The lowest BCUT2D eigenvalue weighted by Gasteiger charge is -2.09. The maximum Gasteiger partial charge on any atom is 0.274 e. The standard InChI is InChI=1S/C19H14F2N4O3/c20-12-2-3-14(13(21)6-12)25-19(26)15-7-18(24-9-23-15)22-8-11-1-4-16-17(5-11)28-10-27-16/h1-7,9H,8,10H2,(H,25,26)(H,22,23,24). The summed E-state index contributed by atoms with van der Waals surface area (Å²) in [5.41, 5.74) is 0.828. The second-order valence-electron chi connectivity index (χ2n) is 5.91. The highest BCUT2D eigenvalue weighted by molar-refractivity contribution is 6.03. The predicted molar refractivity (Wildman–Crippen MR) is 96.2 cm³/mol. The van der Waals surface area contributed by atoms with Gasteiger partial charge in [-0.05, 0) is 29.8 Å². The number of aromatic nitrogens is 2. The molecule has 0 radical (unpaired) electrons. The zero-order chi connectivity index (χ0) is 19.5. The van der Waals surface area contributed by atoms with Gasteiger partial charge in [0.05, 0.1) is 5.69 Å². The van der Waals surface area contributed by atoms with Crippen LogP contribution in [-0.4, -0.2) is 22.7 Å². The molecular formula is C19H14F2N4O3. The van der Waals surface area contributed by atoms with E-state index in [-0.39, 0.29) is 18.2 Å². The summed E-state index contributed by atoms with van der Waals surface area (Å²) in [7, 11) is 0. The molecule has 1 aliphatic rings. The number of ether oxygens (including phenoxy) is 2. The molecule has 28 heavy (non-hydrogen) atoms. The normalized spacial score (nSPS) is 11.9. The number of halogens is 2. The fourth-order valence-electron chi connectivity index (χ4n) is 2.60. The Hall–Kier alpha value is -3.75. The zero-order valence-electron chi connectivity index (χ0n) is 14.4. The molecule has 0 saturated carbocycles. The lowest BCUT2D eigenvalue weighted by atomic mass is 10.2. The minimum atomic E-state index is -0.872. The van der Waals surface area contributed by atoms with Crippen molar-refractivity contribution in [3.05, 3.63) is 71.7 Å². The zero-order valence-corrected chi connectivity index (χ0v) is 14.4. The number of nitrogens with one attached hydrogen (secondary N) is 2. The molecule has 0 aliphatic carbocycles. The molecule has 1 aliphatic heterocycles. The van der Waals surface area contributed by atoms with Crippen molar-refractivity contribution < 1.29 is 23.0 Å². The number of anilines is 2. The summed E-state index contributed by atoms with van der Waals surface area (Å²) in [5.74, 6) is -0.464. The average molecular weight is 384 g/mol. The van der Waals surface area contributed by atoms with Crippen molar-refractivity contribution in [1.82, 2.24) is 9.97 Å². The van der Waals surface area contributed by atoms with Crippen LogP contribution in [-0.2, 0) is 6.54 Å². The van der Waals surface area contributed by atoms with Crippen LogP contribution in [0.5, 0.6) is 11.5 Å². The Labute approximate surface area is 158 Å². The summed E-state index contributed by atoms with van der Waals surface area (Å²) in [5, 5.41) is 5.43. The van der Waals surface area contributed by atoms with E-state index in [1.807, 2.05) is 18.2 Å². The van der Waals surface area contributed by atoms with E-state index in [1.165, 1.54) is 12.4 Å². The van der Waals surface area contributed by atoms with Gasteiger partial charge in [0.15, 0.2) is 11.5 Å². The molecule has 1 amide bonds. The number of benzene rings is 2. The van der Waals surface area contributed by atoms with Gasteiger partial charge < -0.3 is 20.1 Å². The molecule has 1 aromatic heterocycles. The quantitative estimate of drug-likeness (QED) is 0.702. The third kappa shape index (κ3) is 3.83. The van der Waals surface area contributed by atoms with Gasteiger partial charge in [-0.3, -0.25) is 4.79 Å². The van der Waals surface area contributed by atoms with Crippen LogP contribution in [0.4, 0.5) is 20.3 Å². The molecule has 2 N–H and O–H groups in total. The Kier molecular flexibility index (Phi) is 4.71. The molecule has 2 aromatic carbocycles. The number of carbonyl (C=O) groups is 1. The molecule has 142 valence electrons. The first kappa shape index (κ1) is 17.7. The van der Waals surface area contributed by atoms with Gasteiger partial charge in [-0.2, -0.15) is 0 Å². The third-order valence-corrected chi connectivity index (χ3v) is 3.99.